The van der Waals surface area contributed by atoms with E-state index in [4.69, 9.17) is 5.73 Å². The van der Waals surface area contributed by atoms with Gasteiger partial charge in [0.2, 0.25) is 11.8 Å². The molecule has 0 aromatic heterocycles. The van der Waals surface area contributed by atoms with E-state index in [0.29, 0.717) is 38.4 Å². The summed E-state index contributed by atoms with van der Waals surface area (Å²) in [6, 6.07) is 19.9. The van der Waals surface area contributed by atoms with Crippen LogP contribution in [0.4, 0.5) is 0 Å². The highest BCUT2D eigenvalue weighted by molar-refractivity contribution is 7.99. The van der Waals surface area contributed by atoms with Crippen molar-refractivity contribution >= 4 is 23.6 Å². The van der Waals surface area contributed by atoms with Crippen molar-refractivity contribution in [3.63, 3.8) is 0 Å². The van der Waals surface area contributed by atoms with E-state index >= 15 is 0 Å². The number of aliphatic hydroxyl groups excluding tert-OH is 1. The number of aliphatic hydroxyl groups is 1. The smallest absolute Gasteiger partial charge is 0.222 e. The molecule has 0 spiro atoms. The lowest BCUT2D eigenvalue weighted by atomic mass is 9.84. The molecular weight excluding hydrogens is 458 g/mol. The zero-order valence-electron chi connectivity index (χ0n) is 21.1. The molecule has 0 fully saturated rings. The Bertz CT molecular complexity index is 860. The lowest BCUT2D eigenvalue weighted by Gasteiger charge is -2.30. The third-order valence-electron chi connectivity index (χ3n) is 6.10. The zero-order chi connectivity index (χ0) is 25.5. The molecule has 192 valence electrons. The summed E-state index contributed by atoms with van der Waals surface area (Å²) < 4.78 is 0. The molecule has 0 heterocycles. The van der Waals surface area contributed by atoms with Crippen molar-refractivity contribution < 1.29 is 14.7 Å². The first-order chi connectivity index (χ1) is 17.0. The highest BCUT2D eigenvalue weighted by Gasteiger charge is 2.33. The summed E-state index contributed by atoms with van der Waals surface area (Å²) in [6.07, 6.45) is 1.61. The van der Waals surface area contributed by atoms with E-state index in [1.807, 2.05) is 65.6 Å². The molecule has 6 nitrogen and oxygen atoms in total. The van der Waals surface area contributed by atoms with Crippen LogP contribution < -0.4 is 11.1 Å². The van der Waals surface area contributed by atoms with Gasteiger partial charge in [0.25, 0.3) is 0 Å². The molecule has 0 saturated carbocycles. The van der Waals surface area contributed by atoms with Crippen molar-refractivity contribution in [1.82, 2.24) is 10.2 Å². The van der Waals surface area contributed by atoms with E-state index < -0.39 is 17.9 Å². The number of nitrogens with zero attached hydrogens (tertiary/aromatic N) is 1. The molecule has 0 aliphatic rings. The van der Waals surface area contributed by atoms with E-state index in [2.05, 4.69) is 19.2 Å². The van der Waals surface area contributed by atoms with Crippen LogP contribution in [0.3, 0.4) is 0 Å². The van der Waals surface area contributed by atoms with Gasteiger partial charge in [-0.05, 0) is 37.0 Å². The summed E-state index contributed by atoms with van der Waals surface area (Å²) in [6.45, 7) is 6.50. The van der Waals surface area contributed by atoms with E-state index in [-0.39, 0.29) is 18.2 Å². The number of carbonyl (C=O) groups excluding carboxylic acids is 2. The van der Waals surface area contributed by atoms with E-state index in [9.17, 15) is 14.7 Å². The maximum absolute atomic E-state index is 12.8. The Morgan fingerprint density at radius 2 is 1.60 bits per heavy atom. The Hall–Kier alpha value is -2.35. The van der Waals surface area contributed by atoms with Crippen LogP contribution in [0.1, 0.15) is 45.1 Å². The number of thioether (sulfide) groups is 1. The average Bonchev–Trinajstić information content (AvgIpc) is 2.86. The number of benzene rings is 2. The quantitative estimate of drug-likeness (QED) is 0.285. The Morgan fingerprint density at radius 1 is 1.00 bits per heavy atom. The van der Waals surface area contributed by atoms with Crippen molar-refractivity contribution in [3.05, 3.63) is 66.2 Å². The van der Waals surface area contributed by atoms with Crippen LogP contribution in [0.2, 0.25) is 0 Å². The molecule has 3 atom stereocenters. The number of nitrogens with two attached hydrogens (primary N) is 1. The Labute approximate surface area is 214 Å². The standard InChI is InChI=1S/C28H41N3O3S/c1-3-17-31(18-4-2)27(33)16-15-24(28(29)34)25(21-35-23-13-9-6-10-14-23)26(32)20-30-19-22-11-7-5-8-12-22/h5-14,24-26,30,32H,3-4,15-21H2,1-2H3,(H2,29,34)/t24?,25-,26+/m1/s1. The van der Waals surface area contributed by atoms with Gasteiger partial charge in [0.1, 0.15) is 0 Å². The summed E-state index contributed by atoms with van der Waals surface area (Å²) in [4.78, 5) is 28.3. The second-order valence-electron chi connectivity index (χ2n) is 8.90. The second kappa shape index (κ2) is 16.3. The summed E-state index contributed by atoms with van der Waals surface area (Å²) >= 11 is 1.60. The van der Waals surface area contributed by atoms with Crippen LogP contribution in [0.25, 0.3) is 0 Å². The topological polar surface area (TPSA) is 95.7 Å². The fourth-order valence-electron chi connectivity index (χ4n) is 4.22. The molecule has 0 bridgehead atoms. The Morgan fingerprint density at radius 3 is 2.17 bits per heavy atom. The van der Waals surface area contributed by atoms with Crippen LogP contribution in [-0.4, -0.2) is 53.3 Å². The zero-order valence-corrected chi connectivity index (χ0v) is 21.9. The van der Waals surface area contributed by atoms with Crippen molar-refractivity contribution in [2.45, 2.75) is 57.1 Å². The highest BCUT2D eigenvalue weighted by atomic mass is 32.2. The van der Waals surface area contributed by atoms with Gasteiger partial charge < -0.3 is 21.1 Å². The molecule has 2 aromatic rings. The molecule has 4 N–H and O–H groups in total. The van der Waals surface area contributed by atoms with Gasteiger partial charge in [0.05, 0.1) is 6.10 Å². The van der Waals surface area contributed by atoms with E-state index in [0.717, 1.165) is 23.3 Å². The minimum Gasteiger partial charge on any atom is -0.391 e. The Balaban J connectivity index is 2.08. The van der Waals surface area contributed by atoms with Crippen molar-refractivity contribution in [2.24, 2.45) is 17.6 Å². The van der Waals surface area contributed by atoms with Crippen molar-refractivity contribution in [3.8, 4) is 0 Å². The van der Waals surface area contributed by atoms with Crippen LogP contribution >= 0.6 is 11.8 Å². The fraction of sp³-hybridized carbons (Fsp3) is 0.500. The average molecular weight is 500 g/mol. The first-order valence-electron chi connectivity index (χ1n) is 12.6. The van der Waals surface area contributed by atoms with E-state index in [1.54, 1.807) is 11.8 Å². The summed E-state index contributed by atoms with van der Waals surface area (Å²) in [5.41, 5.74) is 6.96. The fourth-order valence-corrected chi connectivity index (χ4v) is 5.41. The third-order valence-corrected chi connectivity index (χ3v) is 7.25. The Kier molecular flexibility index (Phi) is 13.5. The molecule has 0 aliphatic carbocycles. The predicted octanol–water partition coefficient (Wildman–Crippen LogP) is 4.08. The van der Waals surface area contributed by atoms with Crippen molar-refractivity contribution in [1.29, 1.82) is 0 Å². The predicted molar refractivity (Wildman–Crippen MR) is 144 cm³/mol. The molecule has 0 saturated heterocycles. The van der Waals surface area contributed by atoms with Crippen molar-refractivity contribution in [2.75, 3.05) is 25.4 Å². The van der Waals surface area contributed by atoms with Gasteiger partial charge in [0, 0.05) is 55.1 Å². The molecule has 0 aliphatic heterocycles. The van der Waals surface area contributed by atoms with Gasteiger partial charge in [0.15, 0.2) is 0 Å². The maximum atomic E-state index is 12.8. The van der Waals surface area contributed by atoms with Crippen LogP contribution in [-0.2, 0) is 16.1 Å². The first-order valence-corrected chi connectivity index (χ1v) is 13.6. The molecule has 1 unspecified atom stereocenters. The SMILES string of the molecule is CCCN(CCC)C(=O)CCC(C(N)=O)[C@@H](CSc1ccccc1)[C@@H](O)CNCc1ccccc1. The van der Waals surface area contributed by atoms with E-state index in [1.165, 1.54) is 0 Å². The number of amides is 2. The summed E-state index contributed by atoms with van der Waals surface area (Å²) in [5, 5.41) is 14.5. The van der Waals surface area contributed by atoms with Gasteiger partial charge in [-0.15, -0.1) is 11.8 Å². The minimum absolute atomic E-state index is 0.0473. The molecule has 7 heteroatoms. The number of hydrogen-bond acceptors (Lipinski definition) is 5. The van der Waals surface area contributed by atoms with Gasteiger partial charge in [-0.3, -0.25) is 9.59 Å². The molecular formula is C28H41N3O3S. The molecule has 2 aromatic carbocycles. The molecule has 0 radical (unpaired) electrons. The second-order valence-corrected chi connectivity index (χ2v) is 9.99. The number of hydrogen-bond donors (Lipinski definition) is 3. The number of rotatable bonds is 17. The van der Waals surface area contributed by atoms with Gasteiger partial charge >= 0.3 is 0 Å². The summed E-state index contributed by atoms with van der Waals surface area (Å²) in [7, 11) is 0. The molecule has 2 amide bonds. The van der Waals surface area contributed by atoms with Crippen LogP contribution in [0.15, 0.2) is 65.6 Å². The largest absolute Gasteiger partial charge is 0.391 e. The first kappa shape index (κ1) is 28.9. The molecule has 2 rings (SSSR count). The molecule has 35 heavy (non-hydrogen) atoms. The highest BCUT2D eigenvalue weighted by Crippen LogP contribution is 2.29. The van der Waals surface area contributed by atoms with Crippen LogP contribution in [0, 0.1) is 11.8 Å². The lowest BCUT2D eigenvalue weighted by molar-refractivity contribution is -0.132. The summed E-state index contributed by atoms with van der Waals surface area (Å²) in [5.74, 6) is -0.844. The number of primary amides is 1. The number of nitrogens with one attached hydrogen (secondary N) is 1. The van der Waals surface area contributed by atoms with Gasteiger partial charge in [-0.25, -0.2) is 0 Å². The lowest BCUT2D eigenvalue weighted by Crippen LogP contribution is -2.43. The van der Waals surface area contributed by atoms with Gasteiger partial charge in [-0.2, -0.15) is 0 Å². The van der Waals surface area contributed by atoms with Gasteiger partial charge in [-0.1, -0.05) is 62.4 Å². The normalized spacial score (nSPS) is 13.7. The monoisotopic (exact) mass is 499 g/mol. The van der Waals surface area contributed by atoms with Crippen LogP contribution in [0.5, 0.6) is 0 Å². The maximum Gasteiger partial charge on any atom is 0.222 e. The number of carbonyl (C=O) groups is 2. The minimum atomic E-state index is -0.773. The third kappa shape index (κ3) is 10.4.